The highest BCUT2D eigenvalue weighted by Gasteiger charge is 2.22. The number of hydrogen-bond acceptors (Lipinski definition) is 5. The molecule has 0 aromatic carbocycles. The lowest BCUT2D eigenvalue weighted by molar-refractivity contribution is 0.0696. The number of carbonyl (C=O) groups is 2. The molecule has 0 unspecified atom stereocenters. The molecule has 29 heavy (non-hydrogen) atoms. The fourth-order valence-electron chi connectivity index (χ4n) is 3.96. The molecule has 1 fully saturated rings. The molecule has 0 atom stereocenters. The first kappa shape index (κ1) is 21.5. The van der Waals surface area contributed by atoms with E-state index in [9.17, 15) is 14.7 Å². The van der Waals surface area contributed by atoms with E-state index >= 15 is 0 Å². The molecule has 158 valence electrons. The summed E-state index contributed by atoms with van der Waals surface area (Å²) in [4.78, 5) is 28.3. The Bertz CT molecular complexity index is 852. The van der Waals surface area contributed by atoms with Crippen molar-refractivity contribution >= 4 is 23.2 Å². The molecule has 1 amide bonds. The van der Waals surface area contributed by atoms with Crippen molar-refractivity contribution in [3.05, 3.63) is 27.7 Å². The number of carboxylic acid groups (broad SMARTS) is 1. The molecule has 0 bridgehead atoms. The van der Waals surface area contributed by atoms with Crippen LogP contribution in [0.25, 0.3) is 11.4 Å². The van der Waals surface area contributed by atoms with Crippen molar-refractivity contribution in [2.75, 3.05) is 20.3 Å². The van der Waals surface area contributed by atoms with Gasteiger partial charge < -0.3 is 19.7 Å². The van der Waals surface area contributed by atoms with Gasteiger partial charge >= 0.3 is 5.97 Å². The third-order valence-electron chi connectivity index (χ3n) is 5.57. The van der Waals surface area contributed by atoms with Crippen LogP contribution in [0.5, 0.6) is 0 Å². The van der Waals surface area contributed by atoms with Crippen LogP contribution >= 0.6 is 11.3 Å². The molecule has 1 aliphatic rings. The van der Waals surface area contributed by atoms with Gasteiger partial charge in [0.2, 0.25) is 5.01 Å². The van der Waals surface area contributed by atoms with Crippen molar-refractivity contribution in [2.45, 2.75) is 52.0 Å². The SMILES string of the molecule is COCCCn1c(-c2csc(C(=O)O)n2)cc(C(=O)NCC2CCCCC2)c1C. The Morgan fingerprint density at radius 1 is 1.34 bits per heavy atom. The Balaban J connectivity index is 1.82. The molecule has 0 radical (unpaired) electrons. The van der Waals surface area contributed by atoms with E-state index in [0.717, 1.165) is 29.1 Å². The average Bonchev–Trinajstić information content (AvgIpc) is 3.33. The van der Waals surface area contributed by atoms with Gasteiger partial charge in [0, 0.05) is 37.9 Å². The molecule has 7 nitrogen and oxygen atoms in total. The topological polar surface area (TPSA) is 93.4 Å². The van der Waals surface area contributed by atoms with E-state index in [0.29, 0.717) is 36.9 Å². The van der Waals surface area contributed by atoms with Gasteiger partial charge in [-0.2, -0.15) is 0 Å². The number of thiazole rings is 1. The average molecular weight is 420 g/mol. The zero-order valence-corrected chi connectivity index (χ0v) is 17.9. The van der Waals surface area contributed by atoms with Crippen molar-refractivity contribution in [1.82, 2.24) is 14.9 Å². The largest absolute Gasteiger partial charge is 0.476 e. The first-order valence-corrected chi connectivity index (χ1v) is 11.1. The lowest BCUT2D eigenvalue weighted by Gasteiger charge is -2.21. The van der Waals surface area contributed by atoms with Crippen LogP contribution in [0.3, 0.4) is 0 Å². The third-order valence-corrected chi connectivity index (χ3v) is 6.40. The molecular formula is C21H29N3O4S. The van der Waals surface area contributed by atoms with Gasteiger partial charge in [-0.15, -0.1) is 11.3 Å². The zero-order chi connectivity index (χ0) is 20.8. The second-order valence-electron chi connectivity index (χ2n) is 7.58. The number of carboxylic acids is 1. The minimum absolute atomic E-state index is 0.0468. The van der Waals surface area contributed by atoms with Crippen molar-refractivity contribution in [2.24, 2.45) is 5.92 Å². The molecule has 8 heteroatoms. The van der Waals surface area contributed by atoms with Crippen LogP contribution in [0.2, 0.25) is 0 Å². The fourth-order valence-corrected chi connectivity index (χ4v) is 4.60. The van der Waals surface area contributed by atoms with Gasteiger partial charge in [-0.3, -0.25) is 4.79 Å². The first-order valence-electron chi connectivity index (χ1n) is 10.2. The molecule has 0 spiro atoms. The second-order valence-corrected chi connectivity index (χ2v) is 8.44. The summed E-state index contributed by atoms with van der Waals surface area (Å²) >= 11 is 1.09. The minimum Gasteiger partial charge on any atom is -0.476 e. The van der Waals surface area contributed by atoms with Gasteiger partial charge in [-0.1, -0.05) is 19.3 Å². The highest BCUT2D eigenvalue weighted by molar-refractivity contribution is 7.11. The fraction of sp³-hybridized carbons (Fsp3) is 0.571. The number of methoxy groups -OCH3 is 1. The van der Waals surface area contributed by atoms with Crippen LogP contribution in [0.1, 0.15) is 64.4 Å². The predicted octanol–water partition coefficient (Wildman–Crippen LogP) is 3.96. The van der Waals surface area contributed by atoms with Crippen molar-refractivity contribution in [3.63, 3.8) is 0 Å². The molecule has 2 heterocycles. The van der Waals surface area contributed by atoms with Crippen molar-refractivity contribution in [3.8, 4) is 11.4 Å². The number of nitrogens with one attached hydrogen (secondary N) is 1. The first-order chi connectivity index (χ1) is 14.0. The standard InChI is InChI=1S/C21H29N3O4S/c1-14-16(19(25)22-12-15-7-4-3-5-8-15)11-18(24(14)9-6-10-28-2)17-13-29-20(23-17)21(26)27/h11,13,15H,3-10,12H2,1-2H3,(H,22,25)(H,26,27). The minimum atomic E-state index is -1.04. The molecule has 2 aromatic rings. The van der Waals surface area contributed by atoms with Crippen LogP contribution in [0, 0.1) is 12.8 Å². The van der Waals surface area contributed by atoms with E-state index in [1.807, 2.05) is 17.6 Å². The Kier molecular flexibility index (Phi) is 7.44. The van der Waals surface area contributed by atoms with E-state index in [2.05, 4.69) is 10.3 Å². The van der Waals surface area contributed by atoms with Crippen LogP contribution in [-0.2, 0) is 11.3 Å². The summed E-state index contributed by atoms with van der Waals surface area (Å²) in [6, 6.07) is 1.83. The summed E-state index contributed by atoms with van der Waals surface area (Å²) in [7, 11) is 1.66. The van der Waals surface area contributed by atoms with E-state index in [-0.39, 0.29) is 10.9 Å². The molecule has 3 rings (SSSR count). The second kappa shape index (κ2) is 10.0. The van der Waals surface area contributed by atoms with E-state index in [1.54, 1.807) is 12.5 Å². The third kappa shape index (κ3) is 5.25. The van der Waals surface area contributed by atoms with Gasteiger partial charge in [0.25, 0.3) is 5.91 Å². The van der Waals surface area contributed by atoms with E-state index < -0.39 is 5.97 Å². The molecular weight excluding hydrogens is 390 g/mol. The summed E-state index contributed by atoms with van der Waals surface area (Å²) < 4.78 is 7.20. The number of rotatable bonds is 9. The maximum absolute atomic E-state index is 12.9. The molecule has 2 aromatic heterocycles. The summed E-state index contributed by atoms with van der Waals surface area (Å²) in [6.45, 7) is 3.92. The lowest BCUT2D eigenvalue weighted by Crippen LogP contribution is -2.30. The molecule has 1 aliphatic carbocycles. The molecule has 1 saturated carbocycles. The summed E-state index contributed by atoms with van der Waals surface area (Å²) in [5.41, 5.74) is 2.84. The number of nitrogens with zero attached hydrogens (tertiary/aromatic N) is 2. The molecule has 0 aliphatic heterocycles. The zero-order valence-electron chi connectivity index (χ0n) is 17.1. The number of ether oxygens (including phenoxy) is 1. The summed E-state index contributed by atoms with van der Waals surface area (Å²) in [5, 5.41) is 14.1. The van der Waals surface area contributed by atoms with Crippen LogP contribution in [-0.4, -0.2) is 46.8 Å². The highest BCUT2D eigenvalue weighted by atomic mass is 32.1. The Labute approximate surface area is 175 Å². The molecule has 0 saturated heterocycles. The van der Waals surface area contributed by atoms with Crippen LogP contribution in [0.15, 0.2) is 11.4 Å². The van der Waals surface area contributed by atoms with Gasteiger partial charge in [-0.25, -0.2) is 9.78 Å². The van der Waals surface area contributed by atoms with Crippen LogP contribution in [0.4, 0.5) is 0 Å². The number of carbonyl (C=O) groups excluding carboxylic acids is 1. The van der Waals surface area contributed by atoms with Crippen molar-refractivity contribution < 1.29 is 19.4 Å². The van der Waals surface area contributed by atoms with E-state index in [1.165, 1.54) is 32.1 Å². The van der Waals surface area contributed by atoms with Crippen molar-refractivity contribution in [1.29, 1.82) is 0 Å². The number of amides is 1. The Morgan fingerprint density at radius 3 is 2.76 bits per heavy atom. The quantitative estimate of drug-likeness (QED) is 0.600. The predicted molar refractivity (Wildman–Crippen MR) is 113 cm³/mol. The number of aromatic carboxylic acids is 1. The Hall–Kier alpha value is -2.19. The van der Waals surface area contributed by atoms with Gasteiger partial charge in [0.1, 0.15) is 0 Å². The summed E-state index contributed by atoms with van der Waals surface area (Å²) in [6.07, 6.45) is 6.94. The Morgan fingerprint density at radius 2 is 2.10 bits per heavy atom. The maximum atomic E-state index is 12.9. The van der Waals surface area contributed by atoms with Gasteiger partial charge in [0.15, 0.2) is 0 Å². The highest BCUT2D eigenvalue weighted by Crippen LogP contribution is 2.28. The molecule has 2 N–H and O–H groups in total. The monoisotopic (exact) mass is 419 g/mol. The van der Waals surface area contributed by atoms with Gasteiger partial charge in [-0.05, 0) is 38.2 Å². The van der Waals surface area contributed by atoms with Crippen LogP contribution < -0.4 is 5.32 Å². The summed E-state index contributed by atoms with van der Waals surface area (Å²) in [5.74, 6) is -0.553. The number of hydrogen-bond donors (Lipinski definition) is 2. The normalized spacial score (nSPS) is 14.8. The number of aromatic nitrogens is 2. The van der Waals surface area contributed by atoms with E-state index in [4.69, 9.17) is 4.74 Å². The lowest BCUT2D eigenvalue weighted by atomic mass is 9.89. The van der Waals surface area contributed by atoms with Gasteiger partial charge in [0.05, 0.1) is 17.0 Å². The smallest absolute Gasteiger partial charge is 0.365 e. The maximum Gasteiger partial charge on any atom is 0.365 e.